The number of carbonyl (C=O) groups is 4. The third-order valence-corrected chi connectivity index (χ3v) is 2.62. The average Bonchev–Trinajstić information content (AvgIpc) is 2.36. The minimum atomic E-state index is -0.972. The van der Waals surface area contributed by atoms with Crippen molar-refractivity contribution in [3.05, 3.63) is 0 Å². The third-order valence-electron chi connectivity index (χ3n) is 2.62. The van der Waals surface area contributed by atoms with Gasteiger partial charge in [-0.2, -0.15) is 0 Å². The second-order valence-electron chi connectivity index (χ2n) is 4.14. The Balaban J connectivity index is 2.53. The molecule has 0 bridgehead atoms. The van der Waals surface area contributed by atoms with Gasteiger partial charge in [0.15, 0.2) is 0 Å². The second kappa shape index (κ2) is 7.46. The maximum atomic E-state index is 11.7. The Kier molecular flexibility index (Phi) is 5.95. The Hall–Kier alpha value is -2.12. The summed E-state index contributed by atoms with van der Waals surface area (Å²) in [5, 5.41) is 4.79. The van der Waals surface area contributed by atoms with Gasteiger partial charge < -0.3 is 20.1 Å². The van der Waals surface area contributed by atoms with E-state index in [2.05, 4.69) is 10.6 Å². The molecule has 1 aliphatic rings. The van der Waals surface area contributed by atoms with E-state index >= 15 is 0 Å². The molecule has 112 valence electrons. The number of nitrogens with one attached hydrogen (secondary N) is 2. The monoisotopic (exact) mass is 286 g/mol. The Labute approximate surface area is 116 Å². The molecule has 20 heavy (non-hydrogen) atoms. The molecule has 8 nitrogen and oxygen atoms in total. The smallest absolute Gasteiger partial charge is 0.308 e. The summed E-state index contributed by atoms with van der Waals surface area (Å²) >= 11 is 0. The van der Waals surface area contributed by atoms with Gasteiger partial charge in [0, 0.05) is 0 Å². The quantitative estimate of drug-likeness (QED) is 0.598. The highest BCUT2D eigenvalue weighted by Crippen LogP contribution is 2.06. The lowest BCUT2D eigenvalue weighted by atomic mass is 10.1. The number of hydrogen-bond acceptors (Lipinski definition) is 6. The highest BCUT2D eigenvalue weighted by Gasteiger charge is 2.36. The van der Waals surface area contributed by atoms with Gasteiger partial charge in [-0.15, -0.1) is 0 Å². The van der Waals surface area contributed by atoms with Crippen molar-refractivity contribution >= 4 is 23.8 Å². The fourth-order valence-electron chi connectivity index (χ4n) is 1.74. The van der Waals surface area contributed by atoms with Crippen LogP contribution in [0.25, 0.3) is 0 Å². The van der Waals surface area contributed by atoms with Crippen molar-refractivity contribution in [3.63, 3.8) is 0 Å². The van der Waals surface area contributed by atoms with Crippen LogP contribution in [-0.4, -0.2) is 49.1 Å². The summed E-state index contributed by atoms with van der Waals surface area (Å²) in [6.45, 7) is 3.69. The molecular weight excluding hydrogens is 268 g/mol. The number of ether oxygens (including phenoxy) is 2. The Morgan fingerprint density at radius 3 is 1.55 bits per heavy atom. The molecule has 1 heterocycles. The van der Waals surface area contributed by atoms with E-state index in [9.17, 15) is 19.2 Å². The molecule has 1 saturated heterocycles. The molecule has 2 unspecified atom stereocenters. The van der Waals surface area contributed by atoms with Crippen LogP contribution in [0.2, 0.25) is 0 Å². The van der Waals surface area contributed by atoms with E-state index in [1.165, 1.54) is 0 Å². The van der Waals surface area contributed by atoms with Crippen molar-refractivity contribution < 1.29 is 28.7 Å². The maximum absolute atomic E-state index is 11.7. The molecule has 0 radical (unpaired) electrons. The second-order valence-corrected chi connectivity index (χ2v) is 4.14. The molecule has 1 rings (SSSR count). The van der Waals surface area contributed by atoms with Crippen LogP contribution in [0.1, 0.15) is 26.7 Å². The minimum Gasteiger partial charge on any atom is -0.466 e. The molecule has 0 aromatic carbocycles. The van der Waals surface area contributed by atoms with Crippen LogP contribution in [0, 0.1) is 0 Å². The molecule has 2 N–H and O–H groups in total. The topological polar surface area (TPSA) is 111 Å². The molecule has 0 saturated carbocycles. The highest BCUT2D eigenvalue weighted by atomic mass is 16.5. The summed E-state index contributed by atoms with van der Waals surface area (Å²) in [5.74, 6) is -2.19. The van der Waals surface area contributed by atoms with E-state index in [0.717, 1.165) is 0 Å². The first-order valence-electron chi connectivity index (χ1n) is 6.39. The maximum Gasteiger partial charge on any atom is 0.308 e. The summed E-state index contributed by atoms with van der Waals surface area (Å²) in [6, 6.07) is -1.94. The molecule has 1 fully saturated rings. The number of rotatable bonds is 6. The summed E-state index contributed by atoms with van der Waals surface area (Å²) in [6.07, 6.45) is -0.477. The number of amides is 2. The van der Waals surface area contributed by atoms with Crippen molar-refractivity contribution in [3.8, 4) is 0 Å². The molecule has 0 aromatic rings. The van der Waals surface area contributed by atoms with Gasteiger partial charge in [-0.25, -0.2) is 0 Å². The van der Waals surface area contributed by atoms with E-state index in [0.29, 0.717) is 0 Å². The first-order valence-corrected chi connectivity index (χ1v) is 6.39. The predicted octanol–water partition coefficient (Wildman–Crippen LogP) is -1.12. The molecule has 1 aliphatic heterocycles. The highest BCUT2D eigenvalue weighted by molar-refractivity contribution is 6.00. The summed E-state index contributed by atoms with van der Waals surface area (Å²) in [7, 11) is 0. The number of carbonyl (C=O) groups excluding carboxylic acids is 4. The lowest BCUT2D eigenvalue weighted by Crippen LogP contribution is -2.62. The van der Waals surface area contributed by atoms with Crippen molar-refractivity contribution in [1.82, 2.24) is 10.6 Å². The van der Waals surface area contributed by atoms with Crippen LogP contribution in [0.3, 0.4) is 0 Å². The van der Waals surface area contributed by atoms with Crippen LogP contribution in [-0.2, 0) is 28.7 Å². The summed E-state index contributed by atoms with van der Waals surface area (Å²) < 4.78 is 9.41. The molecule has 8 heteroatoms. The van der Waals surface area contributed by atoms with Crippen LogP contribution in [0.5, 0.6) is 0 Å². The lowest BCUT2D eigenvalue weighted by Gasteiger charge is -2.28. The Bertz CT molecular complexity index is 371. The molecule has 2 atom stereocenters. The number of esters is 2. The third kappa shape index (κ3) is 4.52. The minimum absolute atomic E-state index is 0.201. The van der Waals surface area contributed by atoms with Crippen molar-refractivity contribution in [2.24, 2.45) is 0 Å². The normalized spacial score (nSPS) is 21.7. The van der Waals surface area contributed by atoms with Gasteiger partial charge >= 0.3 is 11.9 Å². The largest absolute Gasteiger partial charge is 0.466 e. The van der Waals surface area contributed by atoms with E-state index in [-0.39, 0.29) is 26.1 Å². The molecule has 0 aromatic heterocycles. The lowest BCUT2D eigenvalue weighted by molar-refractivity contribution is -0.150. The van der Waals surface area contributed by atoms with Crippen LogP contribution < -0.4 is 10.6 Å². The van der Waals surface area contributed by atoms with Gasteiger partial charge in [0.25, 0.3) is 0 Å². The SMILES string of the molecule is CCOC(=O)CC1NC(=O)C(CC(=O)OCC)NC1=O. The van der Waals surface area contributed by atoms with Crippen LogP contribution >= 0.6 is 0 Å². The van der Waals surface area contributed by atoms with Crippen molar-refractivity contribution in [2.75, 3.05) is 13.2 Å². The first kappa shape index (κ1) is 15.9. The summed E-state index contributed by atoms with van der Waals surface area (Å²) in [5.41, 5.74) is 0. The number of piperazine rings is 1. The average molecular weight is 286 g/mol. The van der Waals surface area contributed by atoms with Crippen LogP contribution in [0.15, 0.2) is 0 Å². The fraction of sp³-hybridized carbons (Fsp3) is 0.667. The van der Waals surface area contributed by atoms with E-state index in [1.807, 2.05) is 0 Å². The zero-order valence-electron chi connectivity index (χ0n) is 11.4. The van der Waals surface area contributed by atoms with Gasteiger partial charge in [-0.3, -0.25) is 19.2 Å². The standard InChI is InChI=1S/C12H18N2O6/c1-3-19-9(15)5-7-11(17)14-8(12(18)13-7)6-10(16)20-4-2/h7-8H,3-6H2,1-2H3,(H,13,18)(H,14,17). The van der Waals surface area contributed by atoms with Gasteiger partial charge in [0.1, 0.15) is 12.1 Å². The zero-order chi connectivity index (χ0) is 15.1. The van der Waals surface area contributed by atoms with Crippen molar-refractivity contribution in [1.29, 1.82) is 0 Å². The van der Waals surface area contributed by atoms with Gasteiger partial charge in [-0.1, -0.05) is 0 Å². The first-order chi connectivity index (χ1) is 9.47. The molecule has 0 aliphatic carbocycles. The van der Waals surface area contributed by atoms with E-state index in [1.54, 1.807) is 13.8 Å². The molecule has 2 amide bonds. The van der Waals surface area contributed by atoms with Gasteiger partial charge in [-0.05, 0) is 13.8 Å². The van der Waals surface area contributed by atoms with E-state index in [4.69, 9.17) is 9.47 Å². The molecule has 0 spiro atoms. The van der Waals surface area contributed by atoms with Gasteiger partial charge in [0.2, 0.25) is 11.8 Å². The van der Waals surface area contributed by atoms with E-state index < -0.39 is 35.8 Å². The predicted molar refractivity (Wildman–Crippen MR) is 66.4 cm³/mol. The van der Waals surface area contributed by atoms with Crippen molar-refractivity contribution in [2.45, 2.75) is 38.8 Å². The van der Waals surface area contributed by atoms with Crippen LogP contribution in [0.4, 0.5) is 0 Å². The molecular formula is C12H18N2O6. The number of hydrogen-bond donors (Lipinski definition) is 2. The fourth-order valence-corrected chi connectivity index (χ4v) is 1.74. The zero-order valence-corrected chi connectivity index (χ0v) is 11.4. The summed E-state index contributed by atoms with van der Waals surface area (Å²) in [4.78, 5) is 46.0. The van der Waals surface area contributed by atoms with Gasteiger partial charge in [0.05, 0.1) is 26.1 Å². The Morgan fingerprint density at radius 2 is 1.25 bits per heavy atom. The Morgan fingerprint density at radius 1 is 0.900 bits per heavy atom.